The Morgan fingerprint density at radius 2 is 1.79 bits per heavy atom. The van der Waals surface area contributed by atoms with Crippen LogP contribution >= 0.6 is 34.2 Å². The lowest BCUT2D eigenvalue weighted by molar-refractivity contribution is 0.174. The van der Waals surface area contributed by atoms with Crippen molar-refractivity contribution >= 4 is 34.2 Å². The topological polar surface area (TPSA) is 20.2 Å². The Morgan fingerprint density at radius 1 is 1.11 bits per heavy atom. The molecule has 4 heteroatoms. The zero-order valence-electron chi connectivity index (χ0n) is 10.1. The highest BCUT2D eigenvalue weighted by atomic mass is 127. The molecular weight excluding hydrogens is 378 g/mol. The summed E-state index contributed by atoms with van der Waals surface area (Å²) in [4.78, 5) is 0. The third-order valence-electron chi connectivity index (χ3n) is 2.89. The van der Waals surface area contributed by atoms with Gasteiger partial charge in [0.15, 0.2) is 0 Å². The van der Waals surface area contributed by atoms with Crippen LogP contribution in [-0.2, 0) is 12.8 Å². The van der Waals surface area contributed by atoms with Gasteiger partial charge >= 0.3 is 0 Å². The fraction of sp³-hybridized carbons (Fsp3) is 0.200. The highest BCUT2D eigenvalue weighted by molar-refractivity contribution is 14.1. The van der Waals surface area contributed by atoms with Gasteiger partial charge in [-0.05, 0) is 58.8 Å². The Hall–Kier alpha value is -0.650. The third-order valence-corrected chi connectivity index (χ3v) is 3.96. The number of benzene rings is 2. The maximum Gasteiger partial charge on any atom is 0.127 e. The molecule has 0 fully saturated rings. The van der Waals surface area contributed by atoms with Crippen molar-refractivity contribution in [2.45, 2.75) is 18.9 Å². The molecule has 2 aromatic carbocycles. The van der Waals surface area contributed by atoms with Gasteiger partial charge in [-0.25, -0.2) is 4.39 Å². The lowest BCUT2D eigenvalue weighted by Gasteiger charge is -2.12. The van der Waals surface area contributed by atoms with Gasteiger partial charge in [0.1, 0.15) is 5.82 Å². The van der Waals surface area contributed by atoms with E-state index in [9.17, 15) is 9.50 Å². The molecular formula is C15H13ClFIO. The second kappa shape index (κ2) is 6.68. The number of rotatable bonds is 4. The summed E-state index contributed by atoms with van der Waals surface area (Å²) < 4.78 is 14.8. The molecule has 19 heavy (non-hydrogen) atoms. The third kappa shape index (κ3) is 4.16. The van der Waals surface area contributed by atoms with E-state index in [4.69, 9.17) is 11.6 Å². The van der Waals surface area contributed by atoms with Gasteiger partial charge in [0, 0.05) is 20.6 Å². The number of halogens is 3. The van der Waals surface area contributed by atoms with Crippen molar-refractivity contribution in [1.29, 1.82) is 0 Å². The maximum atomic E-state index is 13.6. The summed E-state index contributed by atoms with van der Waals surface area (Å²) in [7, 11) is 0. The van der Waals surface area contributed by atoms with Crippen LogP contribution in [0.25, 0.3) is 0 Å². The Bertz CT molecular complexity index is 536. The van der Waals surface area contributed by atoms with Gasteiger partial charge in [-0.15, -0.1) is 0 Å². The molecule has 2 rings (SSSR count). The van der Waals surface area contributed by atoms with E-state index < -0.39 is 6.10 Å². The smallest absolute Gasteiger partial charge is 0.127 e. The number of hydrogen-bond donors (Lipinski definition) is 1. The monoisotopic (exact) mass is 390 g/mol. The van der Waals surface area contributed by atoms with Gasteiger partial charge in [0.05, 0.1) is 6.10 Å². The summed E-state index contributed by atoms with van der Waals surface area (Å²) >= 11 is 8.17. The van der Waals surface area contributed by atoms with Crippen LogP contribution in [0.1, 0.15) is 11.1 Å². The van der Waals surface area contributed by atoms with E-state index in [2.05, 4.69) is 22.6 Å². The largest absolute Gasteiger partial charge is 0.392 e. The summed E-state index contributed by atoms with van der Waals surface area (Å²) in [6.45, 7) is 0. The van der Waals surface area contributed by atoms with Gasteiger partial charge in [-0.1, -0.05) is 29.8 Å². The van der Waals surface area contributed by atoms with Crippen LogP contribution in [0.2, 0.25) is 5.02 Å². The molecule has 100 valence electrons. The van der Waals surface area contributed by atoms with E-state index in [-0.39, 0.29) is 12.2 Å². The zero-order valence-corrected chi connectivity index (χ0v) is 13.0. The zero-order chi connectivity index (χ0) is 13.8. The van der Waals surface area contributed by atoms with Crippen molar-refractivity contribution in [3.05, 3.63) is 68.0 Å². The minimum atomic E-state index is -0.644. The molecule has 0 amide bonds. The maximum absolute atomic E-state index is 13.6. The quantitative estimate of drug-likeness (QED) is 0.775. The summed E-state index contributed by atoms with van der Waals surface area (Å²) in [6, 6.07) is 12.5. The Kier molecular flexibility index (Phi) is 5.19. The van der Waals surface area contributed by atoms with Crippen LogP contribution in [0.3, 0.4) is 0 Å². The predicted molar refractivity (Wildman–Crippen MR) is 84.0 cm³/mol. The molecule has 2 aromatic rings. The van der Waals surface area contributed by atoms with E-state index in [0.29, 0.717) is 17.0 Å². The van der Waals surface area contributed by atoms with Crippen molar-refractivity contribution in [3.8, 4) is 0 Å². The van der Waals surface area contributed by atoms with Crippen LogP contribution in [0.4, 0.5) is 4.39 Å². The summed E-state index contributed by atoms with van der Waals surface area (Å²) in [6.07, 6.45) is 0.0634. The van der Waals surface area contributed by atoms with Gasteiger partial charge in [0.25, 0.3) is 0 Å². The van der Waals surface area contributed by atoms with Crippen LogP contribution in [0.5, 0.6) is 0 Å². The van der Waals surface area contributed by atoms with E-state index in [1.165, 1.54) is 6.07 Å². The van der Waals surface area contributed by atoms with Crippen molar-refractivity contribution in [2.24, 2.45) is 0 Å². The van der Waals surface area contributed by atoms with E-state index >= 15 is 0 Å². The second-order valence-corrected chi connectivity index (χ2v) is 6.04. The van der Waals surface area contributed by atoms with Crippen molar-refractivity contribution in [1.82, 2.24) is 0 Å². The molecule has 0 heterocycles. The van der Waals surface area contributed by atoms with Crippen LogP contribution < -0.4 is 0 Å². The molecule has 1 atom stereocenters. The fourth-order valence-electron chi connectivity index (χ4n) is 1.93. The SMILES string of the molecule is OC(Cc1ccc(I)cc1)Cc1c(F)cccc1Cl. The summed E-state index contributed by atoms with van der Waals surface area (Å²) in [5.41, 5.74) is 1.41. The Morgan fingerprint density at radius 3 is 2.42 bits per heavy atom. The molecule has 0 aromatic heterocycles. The lowest BCUT2D eigenvalue weighted by atomic mass is 10.0. The highest BCUT2D eigenvalue weighted by Gasteiger charge is 2.13. The molecule has 0 saturated heterocycles. The average Bonchev–Trinajstić information content (AvgIpc) is 2.37. The Balaban J connectivity index is 2.05. The van der Waals surface area contributed by atoms with E-state index in [1.807, 2.05) is 24.3 Å². The molecule has 0 aliphatic heterocycles. The molecule has 0 aliphatic carbocycles. The Labute approximate surface area is 130 Å². The first-order valence-electron chi connectivity index (χ1n) is 5.91. The van der Waals surface area contributed by atoms with Crippen molar-refractivity contribution in [2.75, 3.05) is 0 Å². The average molecular weight is 391 g/mol. The fourth-order valence-corrected chi connectivity index (χ4v) is 2.53. The van der Waals surface area contributed by atoms with Gasteiger partial charge in [-0.2, -0.15) is 0 Å². The van der Waals surface area contributed by atoms with Crippen LogP contribution in [-0.4, -0.2) is 11.2 Å². The van der Waals surface area contributed by atoms with Crippen LogP contribution in [0.15, 0.2) is 42.5 Å². The number of aliphatic hydroxyl groups is 1. The molecule has 0 aliphatic rings. The predicted octanol–water partition coefficient (Wildman–Crippen LogP) is 4.23. The summed E-state index contributed by atoms with van der Waals surface area (Å²) in [5, 5.41) is 10.4. The van der Waals surface area contributed by atoms with E-state index in [1.54, 1.807) is 12.1 Å². The minimum Gasteiger partial charge on any atom is -0.392 e. The van der Waals surface area contributed by atoms with Gasteiger partial charge in [-0.3, -0.25) is 0 Å². The summed E-state index contributed by atoms with van der Waals surface area (Å²) in [5.74, 6) is -0.367. The second-order valence-electron chi connectivity index (χ2n) is 4.39. The molecule has 1 N–H and O–H groups in total. The highest BCUT2D eigenvalue weighted by Crippen LogP contribution is 2.21. The van der Waals surface area contributed by atoms with Gasteiger partial charge < -0.3 is 5.11 Å². The van der Waals surface area contributed by atoms with Crippen LogP contribution in [0, 0.1) is 9.39 Å². The molecule has 0 bridgehead atoms. The van der Waals surface area contributed by atoms with E-state index in [0.717, 1.165) is 9.13 Å². The molecule has 1 nitrogen and oxygen atoms in total. The lowest BCUT2D eigenvalue weighted by Crippen LogP contribution is -2.15. The molecule has 0 saturated carbocycles. The first-order chi connectivity index (χ1) is 9.06. The first-order valence-corrected chi connectivity index (χ1v) is 7.37. The van der Waals surface area contributed by atoms with Crippen molar-refractivity contribution < 1.29 is 9.50 Å². The van der Waals surface area contributed by atoms with Crippen molar-refractivity contribution in [3.63, 3.8) is 0 Å². The standard InChI is InChI=1S/C15H13ClFIO/c16-14-2-1-3-15(17)13(14)9-12(19)8-10-4-6-11(18)7-5-10/h1-7,12,19H,8-9H2. The number of hydrogen-bond acceptors (Lipinski definition) is 1. The molecule has 0 radical (unpaired) electrons. The minimum absolute atomic E-state index is 0.220. The number of aliphatic hydroxyl groups excluding tert-OH is 1. The molecule has 1 unspecified atom stereocenters. The normalized spacial score (nSPS) is 12.4. The van der Waals surface area contributed by atoms with Gasteiger partial charge in [0.2, 0.25) is 0 Å². The first kappa shape index (κ1) is 14.8. The molecule has 0 spiro atoms.